The van der Waals surface area contributed by atoms with Crippen molar-refractivity contribution in [2.75, 3.05) is 87.4 Å². The predicted molar refractivity (Wildman–Crippen MR) is 247 cm³/mol. The summed E-state index contributed by atoms with van der Waals surface area (Å²) in [6, 6.07) is 19.4. The van der Waals surface area contributed by atoms with Crippen LogP contribution in [0.25, 0.3) is 16.6 Å². The van der Waals surface area contributed by atoms with Crippen LogP contribution in [0.5, 0.6) is 5.88 Å². The highest BCUT2D eigenvalue weighted by molar-refractivity contribution is 7.90. The fraction of sp³-hybridized carbons (Fsp3) is 0.391. The minimum atomic E-state index is -4.66. The average molecular weight is 965 g/mol. The summed E-state index contributed by atoms with van der Waals surface area (Å²) < 4.78 is 89.1. The van der Waals surface area contributed by atoms with Crippen LogP contribution in [0.3, 0.4) is 0 Å². The van der Waals surface area contributed by atoms with Gasteiger partial charge in [-0.3, -0.25) is 19.8 Å². The number of amides is 1. The number of H-pyrrole nitrogens is 1. The van der Waals surface area contributed by atoms with Gasteiger partial charge in [-0.15, -0.1) is 0 Å². The molecule has 5 aromatic rings. The van der Waals surface area contributed by atoms with Gasteiger partial charge in [-0.2, -0.15) is 18.2 Å². The molecule has 3 aliphatic heterocycles. The van der Waals surface area contributed by atoms with Crippen molar-refractivity contribution in [3.8, 4) is 5.88 Å². The van der Waals surface area contributed by atoms with Crippen LogP contribution in [0.1, 0.15) is 41.6 Å². The Hall–Kier alpha value is -5.93. The Labute approximate surface area is 389 Å². The fourth-order valence-corrected chi connectivity index (χ4v) is 10.2. The maximum atomic E-state index is 14.3. The lowest BCUT2D eigenvalue weighted by Gasteiger charge is -2.38. The van der Waals surface area contributed by atoms with Crippen LogP contribution in [0.2, 0.25) is 5.02 Å². The number of benzene rings is 3. The second-order valence-electron chi connectivity index (χ2n) is 16.9. The van der Waals surface area contributed by atoms with Crippen molar-refractivity contribution < 1.29 is 45.5 Å². The van der Waals surface area contributed by atoms with Gasteiger partial charge in [-0.1, -0.05) is 29.3 Å². The summed E-state index contributed by atoms with van der Waals surface area (Å²) >= 11 is 6.15. The number of anilines is 4. The first-order valence-corrected chi connectivity index (χ1v) is 23.9. The molecule has 5 heterocycles. The van der Waals surface area contributed by atoms with Crippen LogP contribution in [-0.2, 0) is 19.5 Å². The number of halogens is 4. The number of nitrogens with zero attached hydrogens (tertiary/aromatic N) is 5. The maximum absolute atomic E-state index is 14.3. The molecular formula is C46H48ClF3N8O8S. The Kier molecular flexibility index (Phi) is 13.3. The van der Waals surface area contributed by atoms with Crippen molar-refractivity contribution in [3.63, 3.8) is 0 Å². The zero-order chi connectivity index (χ0) is 46.9. The minimum absolute atomic E-state index is 0.00801. The maximum Gasteiger partial charge on any atom is 0.392 e. The number of hydrogen-bond donors (Lipinski definition) is 3. The van der Waals surface area contributed by atoms with Crippen molar-refractivity contribution in [1.29, 1.82) is 0 Å². The lowest BCUT2D eigenvalue weighted by atomic mass is 9.80. The predicted octanol–water partition coefficient (Wildman–Crippen LogP) is 7.93. The van der Waals surface area contributed by atoms with Crippen LogP contribution in [0, 0.1) is 16.0 Å². The molecule has 3 N–H and O–H groups in total. The molecule has 1 aliphatic carbocycles. The summed E-state index contributed by atoms with van der Waals surface area (Å²) in [7, 11) is -4.66. The molecule has 0 radical (unpaired) electrons. The van der Waals surface area contributed by atoms with E-state index in [2.05, 4.69) is 24.8 Å². The van der Waals surface area contributed by atoms with Gasteiger partial charge in [0, 0.05) is 74.2 Å². The summed E-state index contributed by atoms with van der Waals surface area (Å²) in [5.41, 5.74) is 4.40. The second-order valence-corrected chi connectivity index (χ2v) is 19.1. The number of aromatic nitrogens is 2. The number of hydrogen-bond acceptors (Lipinski definition) is 13. The fourth-order valence-electron chi connectivity index (χ4n) is 9.13. The zero-order valence-corrected chi connectivity index (χ0v) is 37.8. The molecule has 1 amide bonds. The molecule has 0 unspecified atom stereocenters. The molecule has 0 bridgehead atoms. The number of ether oxygens (including phenoxy) is 3. The smallest absolute Gasteiger partial charge is 0.392 e. The standard InChI is InChI=1S/C46H48ClF3N8O8S/c47-33-5-2-29(3-6-33)37-9-4-32(46(48,49)50)22-31(37)27-55-15-17-56(18-16-55)34-7-10-38(40(24-34)57-14-1-19-66-45-42(57)23-30-12-13-51-43(30)53-45)44(59)54-67(62,63)36-8-11-39(41(25-36)58(60)61)52-26-35-28-64-20-21-65-35/h2-3,5-8,10-13,23-25,32,35,52H,1,4,9,14-22,26-28H2,(H,51,53)(H,54,59)/t32-,35+/m1/s1. The summed E-state index contributed by atoms with van der Waals surface area (Å²) in [6.07, 6.45) is -2.10. The number of nitrogens with one attached hydrogen (secondary N) is 3. The third-order valence-electron chi connectivity index (χ3n) is 12.6. The molecule has 0 spiro atoms. The lowest BCUT2D eigenvalue weighted by molar-refractivity contribution is -0.384. The number of nitro benzene ring substituents is 1. The summed E-state index contributed by atoms with van der Waals surface area (Å²) in [5, 5.41) is 16.4. The number of allylic oxidation sites excluding steroid dienone is 1. The molecule has 3 aromatic carbocycles. The van der Waals surface area contributed by atoms with E-state index >= 15 is 0 Å². The molecule has 0 saturated carbocycles. The molecule has 67 heavy (non-hydrogen) atoms. The molecule has 16 nitrogen and oxygen atoms in total. The number of carbonyl (C=O) groups is 1. The molecule has 21 heteroatoms. The van der Waals surface area contributed by atoms with E-state index in [1.165, 1.54) is 12.1 Å². The van der Waals surface area contributed by atoms with Crippen molar-refractivity contribution in [3.05, 3.63) is 111 Å². The number of fused-ring (bicyclic) bond motifs is 2. The van der Waals surface area contributed by atoms with Crippen molar-refractivity contribution in [2.24, 2.45) is 5.92 Å². The number of aromatic amines is 1. The van der Waals surface area contributed by atoms with Gasteiger partial charge in [-0.05, 0) is 91.4 Å². The molecule has 2 aromatic heterocycles. The third kappa shape index (κ3) is 10.3. The highest BCUT2D eigenvalue weighted by Gasteiger charge is 2.42. The second kappa shape index (κ2) is 19.4. The van der Waals surface area contributed by atoms with E-state index in [9.17, 15) is 36.5 Å². The molecule has 2 fully saturated rings. The first kappa shape index (κ1) is 46.2. The molecule has 2 atom stereocenters. The minimum Gasteiger partial charge on any atom is -0.476 e. The van der Waals surface area contributed by atoms with E-state index < -0.39 is 43.5 Å². The quantitative estimate of drug-likeness (QED) is 0.0810. The van der Waals surface area contributed by atoms with Crippen molar-refractivity contribution in [2.45, 2.75) is 42.9 Å². The number of nitro groups is 1. The Balaban J connectivity index is 0.987. The zero-order valence-electron chi connectivity index (χ0n) is 36.2. The molecule has 354 valence electrons. The molecule has 2 saturated heterocycles. The lowest BCUT2D eigenvalue weighted by Crippen LogP contribution is -2.47. The Morgan fingerprint density at radius 1 is 0.970 bits per heavy atom. The molecular weight excluding hydrogens is 917 g/mol. The van der Waals surface area contributed by atoms with E-state index in [1.54, 1.807) is 30.5 Å². The Morgan fingerprint density at radius 2 is 1.78 bits per heavy atom. The highest BCUT2D eigenvalue weighted by atomic mass is 35.5. The van der Waals surface area contributed by atoms with Crippen LogP contribution in [0.4, 0.5) is 41.6 Å². The molecule has 4 aliphatic rings. The van der Waals surface area contributed by atoms with E-state index in [4.69, 9.17) is 30.8 Å². The Morgan fingerprint density at radius 3 is 2.52 bits per heavy atom. The monoisotopic (exact) mass is 964 g/mol. The van der Waals surface area contributed by atoms with E-state index in [0.29, 0.717) is 106 Å². The number of sulfonamides is 1. The molecule has 9 rings (SSSR count). The van der Waals surface area contributed by atoms with Crippen molar-refractivity contribution in [1.82, 2.24) is 19.6 Å². The van der Waals surface area contributed by atoms with Gasteiger partial charge in [0.05, 0.1) is 59.5 Å². The van der Waals surface area contributed by atoms with Gasteiger partial charge < -0.3 is 34.3 Å². The highest BCUT2D eigenvalue weighted by Crippen LogP contribution is 2.44. The number of carbonyl (C=O) groups excluding carboxylic acids is 1. The summed E-state index contributed by atoms with van der Waals surface area (Å²) in [5.74, 6) is -2.06. The Bertz CT molecular complexity index is 2800. The number of rotatable bonds is 12. The third-order valence-corrected chi connectivity index (χ3v) is 14.2. The van der Waals surface area contributed by atoms with E-state index in [-0.39, 0.29) is 36.7 Å². The van der Waals surface area contributed by atoms with Gasteiger partial charge in [-0.25, -0.2) is 13.1 Å². The average Bonchev–Trinajstić information content (AvgIpc) is 3.68. The van der Waals surface area contributed by atoms with Gasteiger partial charge in [0.15, 0.2) is 0 Å². The topological polar surface area (TPSA) is 185 Å². The SMILES string of the molecule is O=C(NS(=O)(=O)c1ccc(NC[C@H]2COCCO2)c([N+](=O)[O-])c1)c1ccc(N2CCN(CC3=C(c4ccc(Cl)cc4)CC[C@@H](C(F)(F)F)C3)CC2)cc1N1CCCOc2nc3[nH]ccc3cc21. The van der Waals surface area contributed by atoms with Gasteiger partial charge in [0.1, 0.15) is 17.0 Å². The van der Waals surface area contributed by atoms with Crippen LogP contribution < -0.4 is 24.6 Å². The van der Waals surface area contributed by atoms with Gasteiger partial charge >= 0.3 is 6.18 Å². The van der Waals surface area contributed by atoms with Gasteiger partial charge in [0.25, 0.3) is 21.6 Å². The van der Waals surface area contributed by atoms with Gasteiger partial charge in [0.2, 0.25) is 5.88 Å². The van der Waals surface area contributed by atoms with Crippen LogP contribution >= 0.6 is 11.6 Å². The van der Waals surface area contributed by atoms with E-state index in [0.717, 1.165) is 33.8 Å². The first-order valence-electron chi connectivity index (χ1n) is 22.0. The number of pyridine rings is 1. The summed E-state index contributed by atoms with van der Waals surface area (Å²) in [6.45, 7) is 4.51. The normalized spacial score (nSPS) is 19.7. The summed E-state index contributed by atoms with van der Waals surface area (Å²) in [4.78, 5) is 39.2. The van der Waals surface area contributed by atoms with E-state index in [1.807, 2.05) is 35.2 Å². The largest absolute Gasteiger partial charge is 0.476 e. The number of piperazine rings is 1. The van der Waals surface area contributed by atoms with Crippen LogP contribution in [0.15, 0.2) is 89.5 Å². The number of alkyl halides is 3. The first-order chi connectivity index (χ1) is 32.2. The van der Waals surface area contributed by atoms with Crippen LogP contribution in [-0.4, -0.2) is 119 Å². The van der Waals surface area contributed by atoms with Crippen molar-refractivity contribution >= 4 is 72.6 Å².